The summed E-state index contributed by atoms with van der Waals surface area (Å²) in [4.78, 5) is 14.9. The van der Waals surface area contributed by atoms with Gasteiger partial charge in [-0.05, 0) is 37.5 Å². The molecule has 1 amide bonds. The molecule has 0 saturated heterocycles. The first-order valence-corrected chi connectivity index (χ1v) is 10.0. The molecule has 0 saturated carbocycles. The molecule has 1 heterocycles. The van der Waals surface area contributed by atoms with Crippen LogP contribution in [-0.4, -0.2) is 35.2 Å². The predicted molar refractivity (Wildman–Crippen MR) is 106 cm³/mol. The lowest BCUT2D eigenvalue weighted by atomic mass is 9.93. The van der Waals surface area contributed by atoms with Gasteiger partial charge in [0.05, 0.1) is 12.7 Å². The number of fused-ring (bicyclic) bond motifs is 1. The fourth-order valence-corrected chi connectivity index (χ4v) is 3.93. The molecule has 0 bridgehead atoms. The monoisotopic (exact) mass is 385 g/mol. The van der Waals surface area contributed by atoms with E-state index in [1.165, 1.54) is 12.1 Å². The molecule has 2 unspecified atom stereocenters. The second kappa shape index (κ2) is 8.84. The summed E-state index contributed by atoms with van der Waals surface area (Å²) in [7, 11) is 0. The molecule has 4 nitrogen and oxygen atoms in total. The summed E-state index contributed by atoms with van der Waals surface area (Å²) in [5.41, 5.74) is 0.980. The van der Waals surface area contributed by atoms with Gasteiger partial charge >= 0.3 is 0 Å². The van der Waals surface area contributed by atoms with Gasteiger partial charge in [0.1, 0.15) is 5.82 Å². The second-order valence-electron chi connectivity index (χ2n) is 7.23. The van der Waals surface area contributed by atoms with E-state index < -0.39 is 11.8 Å². The first-order valence-electron chi connectivity index (χ1n) is 10.0. The number of amides is 1. The predicted octanol–water partition coefficient (Wildman–Crippen LogP) is 4.46. The van der Waals surface area contributed by atoms with Gasteiger partial charge in [0.2, 0.25) is 0 Å². The number of aliphatic hydroxyl groups is 1. The van der Waals surface area contributed by atoms with Gasteiger partial charge in [0.15, 0.2) is 5.72 Å². The average Bonchev–Trinajstić information content (AvgIpc) is 2.93. The van der Waals surface area contributed by atoms with Gasteiger partial charge in [-0.25, -0.2) is 4.39 Å². The molecule has 5 heteroatoms. The van der Waals surface area contributed by atoms with Crippen LogP contribution in [0.3, 0.4) is 0 Å². The van der Waals surface area contributed by atoms with Crippen LogP contribution in [0.25, 0.3) is 0 Å². The Morgan fingerprint density at radius 1 is 1.07 bits per heavy atom. The molecule has 0 spiro atoms. The normalized spacial score (nSPS) is 19.7. The number of benzene rings is 2. The minimum absolute atomic E-state index is 0.0871. The van der Waals surface area contributed by atoms with Crippen LogP contribution in [0.15, 0.2) is 48.5 Å². The summed E-state index contributed by atoms with van der Waals surface area (Å²) in [6, 6.07) is 13.6. The highest BCUT2D eigenvalue weighted by atomic mass is 19.1. The van der Waals surface area contributed by atoms with E-state index in [-0.39, 0.29) is 11.7 Å². The maximum Gasteiger partial charge on any atom is 0.257 e. The Morgan fingerprint density at radius 2 is 1.79 bits per heavy atom. The molecule has 150 valence electrons. The number of carbonyl (C=O) groups is 1. The van der Waals surface area contributed by atoms with Crippen molar-refractivity contribution in [2.75, 3.05) is 13.2 Å². The molecule has 1 N–H and O–H groups in total. The zero-order valence-corrected chi connectivity index (χ0v) is 16.5. The molecule has 1 aliphatic heterocycles. The van der Waals surface area contributed by atoms with E-state index in [2.05, 4.69) is 0 Å². The number of carbonyl (C=O) groups excluding carboxylic acids is 1. The molecule has 2 aromatic carbocycles. The van der Waals surface area contributed by atoms with Crippen molar-refractivity contribution in [1.82, 2.24) is 4.90 Å². The summed E-state index contributed by atoms with van der Waals surface area (Å²) in [5.74, 6) is -0.423. The number of ether oxygens (including phenoxy) is 1. The van der Waals surface area contributed by atoms with Gasteiger partial charge in [0.25, 0.3) is 5.91 Å². The molecular formula is C23H28FNO3. The van der Waals surface area contributed by atoms with Crippen LogP contribution in [0.2, 0.25) is 0 Å². The van der Waals surface area contributed by atoms with Crippen LogP contribution in [0.5, 0.6) is 0 Å². The Kier molecular flexibility index (Phi) is 6.47. The summed E-state index contributed by atoms with van der Waals surface area (Å²) in [6.07, 6.45) is 2.41. The third-order valence-electron chi connectivity index (χ3n) is 5.21. The quantitative estimate of drug-likeness (QED) is 0.693. The number of halogens is 1. The fraction of sp³-hybridized carbons (Fsp3) is 0.435. The van der Waals surface area contributed by atoms with Gasteiger partial charge in [-0.3, -0.25) is 4.79 Å². The third-order valence-corrected chi connectivity index (χ3v) is 5.21. The average molecular weight is 385 g/mol. The minimum atomic E-state index is -1.11. The Bertz CT molecular complexity index is 808. The molecule has 2 atom stereocenters. The van der Waals surface area contributed by atoms with Crippen molar-refractivity contribution in [2.45, 2.75) is 51.4 Å². The number of hydrogen-bond acceptors (Lipinski definition) is 3. The van der Waals surface area contributed by atoms with Gasteiger partial charge in [-0.1, -0.05) is 50.6 Å². The molecule has 28 heavy (non-hydrogen) atoms. The SMILES string of the molecule is CCCC(O)CCOC1(c2ccc(F)cc2)c2ccccc2C(=O)N1CCC. The highest BCUT2D eigenvalue weighted by Crippen LogP contribution is 2.45. The zero-order chi connectivity index (χ0) is 20.1. The molecule has 3 rings (SSSR count). The first-order chi connectivity index (χ1) is 13.5. The number of rotatable bonds is 9. The first kappa shape index (κ1) is 20.5. The number of hydrogen-bond donors (Lipinski definition) is 1. The number of aliphatic hydroxyl groups excluding tert-OH is 1. The second-order valence-corrected chi connectivity index (χ2v) is 7.23. The molecular weight excluding hydrogens is 357 g/mol. The standard InChI is InChI=1S/C23H28FNO3/c1-3-7-19(26)14-16-28-23(17-10-12-18(24)13-11-17)21-9-6-5-8-20(21)22(27)25(23)15-4-2/h5-6,8-13,19,26H,3-4,7,14-16H2,1-2H3. The lowest BCUT2D eigenvalue weighted by molar-refractivity contribution is -0.114. The van der Waals surface area contributed by atoms with Crippen molar-refractivity contribution in [2.24, 2.45) is 0 Å². The van der Waals surface area contributed by atoms with Crippen molar-refractivity contribution >= 4 is 5.91 Å². The van der Waals surface area contributed by atoms with E-state index in [1.54, 1.807) is 23.1 Å². The summed E-state index contributed by atoms with van der Waals surface area (Å²) in [6.45, 7) is 4.85. The Balaban J connectivity index is 2.06. The van der Waals surface area contributed by atoms with Crippen molar-refractivity contribution in [1.29, 1.82) is 0 Å². The lowest BCUT2D eigenvalue weighted by Crippen LogP contribution is -2.47. The Labute approximate surface area is 165 Å². The molecule has 0 aromatic heterocycles. The van der Waals surface area contributed by atoms with Crippen molar-refractivity contribution < 1.29 is 19.0 Å². The van der Waals surface area contributed by atoms with E-state index in [4.69, 9.17) is 4.74 Å². The van der Waals surface area contributed by atoms with Crippen LogP contribution >= 0.6 is 0 Å². The molecule has 0 aliphatic carbocycles. The van der Waals surface area contributed by atoms with Crippen LogP contribution in [0, 0.1) is 5.82 Å². The van der Waals surface area contributed by atoms with E-state index in [9.17, 15) is 14.3 Å². The van der Waals surface area contributed by atoms with Gasteiger partial charge < -0.3 is 14.7 Å². The smallest absolute Gasteiger partial charge is 0.257 e. The van der Waals surface area contributed by atoms with Gasteiger partial charge in [-0.15, -0.1) is 0 Å². The minimum Gasteiger partial charge on any atom is -0.393 e. The van der Waals surface area contributed by atoms with Crippen molar-refractivity contribution in [3.8, 4) is 0 Å². The maximum absolute atomic E-state index is 13.6. The largest absolute Gasteiger partial charge is 0.393 e. The van der Waals surface area contributed by atoms with Crippen molar-refractivity contribution in [3.05, 3.63) is 71.0 Å². The third kappa shape index (κ3) is 3.69. The maximum atomic E-state index is 13.6. The molecule has 1 aliphatic rings. The zero-order valence-electron chi connectivity index (χ0n) is 16.5. The van der Waals surface area contributed by atoms with Crippen molar-refractivity contribution in [3.63, 3.8) is 0 Å². The summed E-state index contributed by atoms with van der Waals surface area (Å²) >= 11 is 0. The summed E-state index contributed by atoms with van der Waals surface area (Å²) in [5, 5.41) is 10.1. The van der Waals surface area contributed by atoms with E-state index in [0.29, 0.717) is 37.1 Å². The molecule has 0 fully saturated rings. The number of nitrogens with zero attached hydrogens (tertiary/aromatic N) is 1. The van der Waals surface area contributed by atoms with Crippen LogP contribution in [0.4, 0.5) is 4.39 Å². The van der Waals surface area contributed by atoms with Crippen LogP contribution in [0.1, 0.15) is 61.0 Å². The topological polar surface area (TPSA) is 49.8 Å². The highest BCUT2D eigenvalue weighted by Gasteiger charge is 2.51. The fourth-order valence-electron chi connectivity index (χ4n) is 3.93. The van der Waals surface area contributed by atoms with Gasteiger partial charge in [0, 0.05) is 23.2 Å². The van der Waals surface area contributed by atoms with E-state index in [0.717, 1.165) is 18.4 Å². The molecule has 0 radical (unpaired) electrons. The van der Waals surface area contributed by atoms with Crippen LogP contribution in [-0.2, 0) is 10.5 Å². The highest BCUT2D eigenvalue weighted by molar-refractivity contribution is 6.00. The Morgan fingerprint density at radius 3 is 2.46 bits per heavy atom. The summed E-state index contributed by atoms with van der Waals surface area (Å²) < 4.78 is 20.0. The van der Waals surface area contributed by atoms with Gasteiger partial charge in [-0.2, -0.15) is 0 Å². The Hall–Kier alpha value is -2.24. The molecule has 2 aromatic rings. The lowest BCUT2D eigenvalue weighted by Gasteiger charge is -2.39. The van der Waals surface area contributed by atoms with E-state index >= 15 is 0 Å². The van der Waals surface area contributed by atoms with E-state index in [1.807, 2.05) is 32.0 Å². The van der Waals surface area contributed by atoms with Crippen LogP contribution < -0.4 is 0 Å².